The highest BCUT2D eigenvalue weighted by Crippen LogP contribution is 2.41. The van der Waals surface area contributed by atoms with Crippen LogP contribution in [0.1, 0.15) is 43.5 Å². The molecule has 0 aliphatic rings. The van der Waals surface area contributed by atoms with Crippen LogP contribution in [0.25, 0.3) is 22.0 Å². The zero-order chi connectivity index (χ0) is 23.1. The Bertz CT molecular complexity index is 1150. The van der Waals surface area contributed by atoms with Crippen molar-refractivity contribution in [2.24, 2.45) is 11.1 Å². The van der Waals surface area contributed by atoms with Gasteiger partial charge in [-0.15, -0.1) is 0 Å². The smallest absolute Gasteiger partial charge is 0.347 e. The molecule has 3 rings (SSSR count). The first-order chi connectivity index (χ1) is 14.3. The summed E-state index contributed by atoms with van der Waals surface area (Å²) in [5, 5.41) is 9.85. The van der Waals surface area contributed by atoms with Crippen molar-refractivity contribution in [1.82, 2.24) is 4.57 Å². The van der Waals surface area contributed by atoms with Crippen LogP contribution in [0.15, 0.2) is 42.6 Å². The number of benzene rings is 2. The van der Waals surface area contributed by atoms with Crippen LogP contribution in [-0.4, -0.2) is 11.0 Å². The lowest BCUT2D eigenvalue weighted by Crippen LogP contribution is -2.19. The van der Waals surface area contributed by atoms with Gasteiger partial charge in [-0.25, -0.2) is 8.78 Å². The Morgan fingerprint density at radius 2 is 1.77 bits per heavy atom. The van der Waals surface area contributed by atoms with Crippen LogP contribution in [0.2, 0.25) is 0 Å². The predicted molar refractivity (Wildman–Crippen MR) is 109 cm³/mol. The van der Waals surface area contributed by atoms with Gasteiger partial charge in [0.15, 0.2) is 0 Å². The Labute approximate surface area is 176 Å². The van der Waals surface area contributed by atoms with Gasteiger partial charge in [0.05, 0.1) is 23.2 Å². The molecule has 0 spiro atoms. The molecule has 2 N–H and O–H groups in total. The SMILES string of the molecule is CC(C)(C)Cn1cc([C@H](N)C(F)F)c2ccc(-c3c(C#N)cccc3C(F)(F)F)cc21. The fourth-order valence-corrected chi connectivity index (χ4v) is 3.71. The minimum atomic E-state index is -4.66. The predicted octanol–water partition coefficient (Wildman–Crippen LogP) is 6.51. The van der Waals surface area contributed by atoms with Crippen LogP contribution in [-0.2, 0) is 12.7 Å². The fourth-order valence-electron chi connectivity index (χ4n) is 3.71. The van der Waals surface area contributed by atoms with Gasteiger partial charge in [0.1, 0.15) is 0 Å². The lowest BCUT2D eigenvalue weighted by atomic mass is 9.93. The van der Waals surface area contributed by atoms with Gasteiger partial charge in [-0.2, -0.15) is 18.4 Å². The summed E-state index contributed by atoms with van der Waals surface area (Å²) in [4.78, 5) is 0. The molecule has 0 saturated heterocycles. The molecule has 31 heavy (non-hydrogen) atoms. The Hall–Kier alpha value is -2.92. The Kier molecular flexibility index (Phi) is 5.85. The zero-order valence-electron chi connectivity index (χ0n) is 17.3. The minimum absolute atomic E-state index is 0.118. The van der Waals surface area contributed by atoms with Gasteiger partial charge in [-0.05, 0) is 29.2 Å². The van der Waals surface area contributed by atoms with E-state index in [2.05, 4.69) is 0 Å². The molecule has 0 fully saturated rings. The first kappa shape index (κ1) is 22.8. The van der Waals surface area contributed by atoms with E-state index in [0.717, 1.165) is 6.07 Å². The molecule has 0 radical (unpaired) electrons. The van der Waals surface area contributed by atoms with Gasteiger partial charge < -0.3 is 10.3 Å². The topological polar surface area (TPSA) is 54.7 Å². The molecule has 0 aliphatic carbocycles. The van der Waals surface area contributed by atoms with Crippen LogP contribution >= 0.6 is 0 Å². The molecule has 1 heterocycles. The molecule has 1 aromatic heterocycles. The molecule has 0 unspecified atom stereocenters. The lowest BCUT2D eigenvalue weighted by Gasteiger charge is -2.20. The molecular weight excluding hydrogens is 413 g/mol. The quantitative estimate of drug-likeness (QED) is 0.475. The molecule has 0 aliphatic heterocycles. The van der Waals surface area contributed by atoms with Crippen LogP contribution in [0.4, 0.5) is 22.0 Å². The van der Waals surface area contributed by atoms with Crippen LogP contribution in [0.3, 0.4) is 0 Å². The summed E-state index contributed by atoms with van der Waals surface area (Å²) in [7, 11) is 0. The second-order valence-corrected chi connectivity index (χ2v) is 8.70. The Morgan fingerprint density at radius 1 is 1.10 bits per heavy atom. The molecule has 3 aromatic rings. The number of aromatic nitrogens is 1. The summed E-state index contributed by atoms with van der Waals surface area (Å²) in [6, 6.07) is 8.15. The maximum atomic E-state index is 13.7. The summed E-state index contributed by atoms with van der Waals surface area (Å²) >= 11 is 0. The second kappa shape index (κ2) is 7.97. The number of hydrogen-bond acceptors (Lipinski definition) is 2. The van der Waals surface area contributed by atoms with Crippen LogP contribution in [0, 0.1) is 16.7 Å². The van der Waals surface area contributed by atoms with Gasteiger partial charge >= 0.3 is 6.18 Å². The number of hydrogen-bond donors (Lipinski definition) is 1. The van der Waals surface area contributed by atoms with E-state index in [0.29, 0.717) is 17.4 Å². The van der Waals surface area contributed by atoms with E-state index in [9.17, 15) is 27.2 Å². The molecule has 1 atom stereocenters. The normalized spacial score (nSPS) is 13.6. The number of halogens is 5. The van der Waals surface area contributed by atoms with Crippen molar-refractivity contribution in [2.75, 3.05) is 0 Å². The number of nitriles is 1. The molecule has 0 saturated carbocycles. The van der Waals surface area contributed by atoms with E-state index in [1.54, 1.807) is 4.57 Å². The van der Waals surface area contributed by atoms with Crippen LogP contribution in [0.5, 0.6) is 0 Å². The lowest BCUT2D eigenvalue weighted by molar-refractivity contribution is -0.137. The first-order valence-corrected chi connectivity index (χ1v) is 9.60. The van der Waals surface area contributed by atoms with E-state index in [1.165, 1.54) is 36.5 Å². The maximum Gasteiger partial charge on any atom is 0.417 e. The Morgan fingerprint density at radius 3 is 2.32 bits per heavy atom. The van der Waals surface area contributed by atoms with Gasteiger partial charge in [-0.1, -0.05) is 39.0 Å². The molecular formula is C23H22F5N3. The van der Waals surface area contributed by atoms with Crippen molar-refractivity contribution < 1.29 is 22.0 Å². The average molecular weight is 435 g/mol. The largest absolute Gasteiger partial charge is 0.417 e. The van der Waals surface area contributed by atoms with Crippen molar-refractivity contribution in [1.29, 1.82) is 5.26 Å². The third kappa shape index (κ3) is 4.57. The number of rotatable bonds is 4. The molecule has 164 valence electrons. The van der Waals surface area contributed by atoms with E-state index in [1.807, 2.05) is 26.8 Å². The summed E-state index contributed by atoms with van der Waals surface area (Å²) in [5.74, 6) is 0. The van der Waals surface area contributed by atoms with E-state index >= 15 is 0 Å². The van der Waals surface area contributed by atoms with Gasteiger partial charge in [-0.3, -0.25) is 0 Å². The molecule has 8 heteroatoms. The van der Waals surface area contributed by atoms with E-state index in [4.69, 9.17) is 5.73 Å². The highest BCUT2D eigenvalue weighted by atomic mass is 19.4. The number of fused-ring (bicyclic) bond motifs is 1. The minimum Gasteiger partial charge on any atom is -0.347 e. The molecule has 2 aromatic carbocycles. The summed E-state index contributed by atoms with van der Waals surface area (Å²) < 4.78 is 69.3. The van der Waals surface area contributed by atoms with Gasteiger partial charge in [0, 0.05) is 34.8 Å². The van der Waals surface area contributed by atoms with Crippen molar-refractivity contribution in [3.8, 4) is 17.2 Å². The summed E-state index contributed by atoms with van der Waals surface area (Å²) in [6.07, 6.45) is -5.91. The van der Waals surface area contributed by atoms with Gasteiger partial charge in [0.25, 0.3) is 6.43 Å². The third-order valence-electron chi connectivity index (χ3n) is 4.97. The van der Waals surface area contributed by atoms with Crippen molar-refractivity contribution in [3.63, 3.8) is 0 Å². The van der Waals surface area contributed by atoms with E-state index < -0.39 is 24.2 Å². The highest BCUT2D eigenvalue weighted by Gasteiger charge is 2.35. The number of nitrogens with two attached hydrogens (primary N) is 1. The molecule has 0 bridgehead atoms. The van der Waals surface area contributed by atoms with Crippen molar-refractivity contribution in [2.45, 2.75) is 46.0 Å². The molecule has 3 nitrogen and oxygen atoms in total. The van der Waals surface area contributed by atoms with Gasteiger partial charge in [0.2, 0.25) is 0 Å². The zero-order valence-corrected chi connectivity index (χ0v) is 17.3. The standard InChI is InChI=1S/C23H22F5N3/c1-22(2,3)12-31-11-16(20(30)21(24)25)15-8-7-13(9-18(15)31)19-14(10-29)5-4-6-17(19)23(26,27)28/h4-9,11,20-21H,12,30H2,1-3H3/t20-/m0/s1. The number of nitrogens with zero attached hydrogens (tertiary/aromatic N) is 2. The fraction of sp³-hybridized carbons (Fsp3) is 0.348. The van der Waals surface area contributed by atoms with Crippen molar-refractivity contribution >= 4 is 10.9 Å². The highest BCUT2D eigenvalue weighted by molar-refractivity contribution is 5.90. The Balaban J connectivity index is 2.32. The maximum absolute atomic E-state index is 13.7. The third-order valence-corrected chi connectivity index (χ3v) is 4.97. The average Bonchev–Trinajstić information content (AvgIpc) is 3.01. The molecule has 0 amide bonds. The first-order valence-electron chi connectivity index (χ1n) is 9.60. The van der Waals surface area contributed by atoms with E-state index in [-0.39, 0.29) is 27.7 Å². The summed E-state index contributed by atoms with van der Waals surface area (Å²) in [5.41, 5.74) is 5.09. The monoisotopic (exact) mass is 435 g/mol. The number of alkyl halides is 5. The van der Waals surface area contributed by atoms with Crippen LogP contribution < -0.4 is 5.73 Å². The summed E-state index contributed by atoms with van der Waals surface area (Å²) in [6.45, 7) is 6.32. The second-order valence-electron chi connectivity index (χ2n) is 8.70. The van der Waals surface area contributed by atoms with Crippen molar-refractivity contribution in [3.05, 3.63) is 59.3 Å².